The predicted octanol–water partition coefficient (Wildman–Crippen LogP) is 15.2. The summed E-state index contributed by atoms with van der Waals surface area (Å²) in [4.78, 5) is 0. The van der Waals surface area contributed by atoms with E-state index in [1.165, 1.54) is 97.2 Å². The Morgan fingerprint density at radius 1 is 0.298 bits per heavy atom. The van der Waals surface area contributed by atoms with E-state index in [1.54, 1.807) is 0 Å². The molecule has 57 heavy (non-hydrogen) atoms. The third kappa shape index (κ3) is 4.96. The number of fused-ring (bicyclic) bond motifs is 9. The van der Waals surface area contributed by atoms with Crippen molar-refractivity contribution in [3.63, 3.8) is 0 Å². The zero-order valence-corrected chi connectivity index (χ0v) is 31.7. The highest BCUT2D eigenvalue weighted by Crippen LogP contribution is 2.45. The molecule has 0 N–H and O–H groups in total. The maximum atomic E-state index is 2.48. The van der Waals surface area contributed by atoms with Crippen molar-refractivity contribution in [2.24, 2.45) is 0 Å². The van der Waals surface area contributed by atoms with Crippen molar-refractivity contribution in [2.45, 2.75) is 0 Å². The van der Waals surface area contributed by atoms with Crippen LogP contribution < -0.4 is 0 Å². The highest BCUT2D eigenvalue weighted by molar-refractivity contribution is 7.26. The van der Waals surface area contributed by atoms with Gasteiger partial charge in [-0.25, -0.2) is 0 Å². The van der Waals surface area contributed by atoms with Crippen LogP contribution in [0.15, 0.2) is 206 Å². The van der Waals surface area contributed by atoms with Gasteiger partial charge in [-0.2, -0.15) is 0 Å². The molecule has 0 amide bonds. The number of hydrogen-bond acceptors (Lipinski definition) is 1. The first-order valence-corrected chi connectivity index (χ1v) is 20.3. The van der Waals surface area contributed by atoms with Crippen molar-refractivity contribution in [1.82, 2.24) is 9.13 Å². The standard InChI is InChI=1S/C54H34N2S/c1-3-15-35(16-4-1)36-17-13-18-37(31-36)46-33-40(34-48-44-23-9-12-28-52(44)57-54(46)48)55-49-26-10-8-22-43(49)47-32-38(29-30-51(47)55)41-24-14-25-45-42-21-7-11-27-50(42)56(53(41)45)39-19-5-2-6-20-39/h1-34H. The second-order valence-corrected chi connectivity index (χ2v) is 15.9. The Morgan fingerprint density at radius 3 is 1.72 bits per heavy atom. The maximum absolute atomic E-state index is 2.48. The molecular formula is C54H34N2S. The Kier molecular flexibility index (Phi) is 7.13. The molecule has 0 atom stereocenters. The molecule has 9 aromatic carbocycles. The summed E-state index contributed by atoms with van der Waals surface area (Å²) in [5.41, 5.74) is 14.5. The number of benzene rings is 9. The Bertz CT molecular complexity index is 3510. The summed E-state index contributed by atoms with van der Waals surface area (Å²) in [6.45, 7) is 0. The lowest BCUT2D eigenvalue weighted by Crippen LogP contribution is -1.96. The molecule has 0 aliphatic rings. The highest BCUT2D eigenvalue weighted by atomic mass is 32.1. The summed E-state index contributed by atoms with van der Waals surface area (Å²) in [6.07, 6.45) is 0. The van der Waals surface area contributed by atoms with E-state index in [0.717, 1.165) is 11.4 Å². The highest BCUT2D eigenvalue weighted by Gasteiger charge is 2.20. The molecular weight excluding hydrogens is 709 g/mol. The first-order chi connectivity index (χ1) is 28.3. The largest absolute Gasteiger partial charge is 0.309 e. The van der Waals surface area contributed by atoms with E-state index in [9.17, 15) is 0 Å². The molecule has 0 aliphatic heterocycles. The molecule has 3 heterocycles. The third-order valence-electron chi connectivity index (χ3n) is 11.7. The Morgan fingerprint density at radius 2 is 0.895 bits per heavy atom. The number of para-hydroxylation sites is 4. The first-order valence-electron chi connectivity index (χ1n) is 19.5. The number of rotatable bonds is 5. The average Bonchev–Trinajstić information content (AvgIpc) is 3.94. The number of thiophene rings is 1. The smallest absolute Gasteiger partial charge is 0.0619 e. The van der Waals surface area contributed by atoms with Crippen LogP contribution >= 0.6 is 11.3 Å². The van der Waals surface area contributed by atoms with Crippen molar-refractivity contribution in [1.29, 1.82) is 0 Å². The Balaban J connectivity index is 1.11. The van der Waals surface area contributed by atoms with Gasteiger partial charge in [-0.3, -0.25) is 0 Å². The lowest BCUT2D eigenvalue weighted by molar-refractivity contribution is 1.18. The van der Waals surface area contributed by atoms with Crippen molar-refractivity contribution in [3.8, 4) is 44.8 Å². The van der Waals surface area contributed by atoms with Crippen molar-refractivity contribution >= 4 is 75.1 Å². The molecule has 12 aromatic rings. The Hall–Kier alpha value is -7.20. The van der Waals surface area contributed by atoms with E-state index in [2.05, 4.69) is 215 Å². The summed E-state index contributed by atoms with van der Waals surface area (Å²) < 4.78 is 7.53. The topological polar surface area (TPSA) is 9.86 Å². The van der Waals surface area contributed by atoms with Gasteiger partial charge in [0.25, 0.3) is 0 Å². The molecule has 0 radical (unpaired) electrons. The van der Waals surface area contributed by atoms with E-state index in [4.69, 9.17) is 0 Å². The van der Waals surface area contributed by atoms with Crippen LogP contribution in [0.3, 0.4) is 0 Å². The molecule has 0 unspecified atom stereocenters. The normalized spacial score (nSPS) is 11.9. The molecule has 3 aromatic heterocycles. The predicted molar refractivity (Wildman–Crippen MR) is 244 cm³/mol. The fourth-order valence-corrected chi connectivity index (χ4v) is 10.4. The average molecular weight is 743 g/mol. The van der Waals surface area contributed by atoms with E-state index in [0.29, 0.717) is 0 Å². The second kappa shape index (κ2) is 12.7. The van der Waals surface area contributed by atoms with Gasteiger partial charge in [0.2, 0.25) is 0 Å². The van der Waals surface area contributed by atoms with Crippen molar-refractivity contribution < 1.29 is 0 Å². The van der Waals surface area contributed by atoms with E-state index < -0.39 is 0 Å². The van der Waals surface area contributed by atoms with Gasteiger partial charge in [0, 0.05) is 64.2 Å². The van der Waals surface area contributed by atoms with E-state index in [-0.39, 0.29) is 0 Å². The summed E-state index contributed by atoms with van der Waals surface area (Å²) in [5.74, 6) is 0. The molecule has 0 aliphatic carbocycles. The Labute approximate surface area is 333 Å². The van der Waals surface area contributed by atoms with Gasteiger partial charge in [0.15, 0.2) is 0 Å². The van der Waals surface area contributed by atoms with Crippen LogP contribution in [0.4, 0.5) is 0 Å². The maximum Gasteiger partial charge on any atom is 0.0619 e. The van der Waals surface area contributed by atoms with Gasteiger partial charge in [-0.1, -0.05) is 146 Å². The van der Waals surface area contributed by atoms with Gasteiger partial charge < -0.3 is 9.13 Å². The van der Waals surface area contributed by atoms with Gasteiger partial charge in [0.05, 0.1) is 22.1 Å². The summed E-state index contributed by atoms with van der Waals surface area (Å²) >= 11 is 1.89. The number of aromatic nitrogens is 2. The van der Waals surface area contributed by atoms with Gasteiger partial charge >= 0.3 is 0 Å². The zero-order chi connectivity index (χ0) is 37.5. The first kappa shape index (κ1) is 32.1. The van der Waals surface area contributed by atoms with Crippen LogP contribution in [0.2, 0.25) is 0 Å². The van der Waals surface area contributed by atoms with Gasteiger partial charge in [0.1, 0.15) is 0 Å². The van der Waals surface area contributed by atoms with Crippen LogP contribution in [0, 0.1) is 0 Å². The number of hydrogen-bond donors (Lipinski definition) is 0. The van der Waals surface area contributed by atoms with Gasteiger partial charge in [-0.15, -0.1) is 11.3 Å². The molecule has 3 heteroatoms. The molecule has 12 rings (SSSR count). The number of nitrogens with zero attached hydrogens (tertiary/aromatic N) is 2. The summed E-state index contributed by atoms with van der Waals surface area (Å²) in [7, 11) is 0. The molecule has 0 saturated heterocycles. The van der Waals surface area contributed by atoms with Crippen LogP contribution in [0.5, 0.6) is 0 Å². The van der Waals surface area contributed by atoms with E-state index in [1.807, 2.05) is 11.3 Å². The molecule has 2 nitrogen and oxygen atoms in total. The van der Waals surface area contributed by atoms with Crippen molar-refractivity contribution in [2.75, 3.05) is 0 Å². The minimum absolute atomic E-state index is 1.16. The molecule has 266 valence electrons. The molecule has 0 bridgehead atoms. The zero-order valence-electron chi connectivity index (χ0n) is 30.9. The SMILES string of the molecule is c1ccc(-c2cccc(-c3cc(-n4c5ccccc5c5cc(-c6cccc7c8ccccc8n(-c8ccccc8)c67)ccc54)cc4c3sc3ccccc34)c2)cc1. The summed E-state index contributed by atoms with van der Waals surface area (Å²) in [5, 5.41) is 7.59. The second-order valence-electron chi connectivity index (χ2n) is 14.9. The van der Waals surface area contributed by atoms with Gasteiger partial charge in [-0.05, 0) is 82.9 Å². The van der Waals surface area contributed by atoms with Crippen LogP contribution in [-0.4, -0.2) is 9.13 Å². The summed E-state index contributed by atoms with van der Waals surface area (Å²) in [6, 6.07) is 75.7. The minimum Gasteiger partial charge on any atom is -0.309 e. The molecule has 0 saturated carbocycles. The van der Waals surface area contributed by atoms with Crippen molar-refractivity contribution in [3.05, 3.63) is 206 Å². The lowest BCUT2D eigenvalue weighted by atomic mass is 9.97. The third-order valence-corrected chi connectivity index (χ3v) is 12.9. The fourth-order valence-electron chi connectivity index (χ4n) is 9.17. The lowest BCUT2D eigenvalue weighted by Gasteiger charge is -2.14. The van der Waals surface area contributed by atoms with Crippen LogP contribution in [0.25, 0.3) is 109 Å². The van der Waals surface area contributed by atoms with E-state index >= 15 is 0 Å². The minimum atomic E-state index is 1.16. The quantitative estimate of drug-likeness (QED) is 0.166. The fraction of sp³-hybridized carbons (Fsp3) is 0. The van der Waals surface area contributed by atoms with Crippen LogP contribution in [-0.2, 0) is 0 Å². The monoisotopic (exact) mass is 742 g/mol. The molecule has 0 fully saturated rings. The van der Waals surface area contributed by atoms with Crippen LogP contribution in [0.1, 0.15) is 0 Å². The molecule has 0 spiro atoms.